The van der Waals surface area contributed by atoms with Crippen LogP contribution in [0.5, 0.6) is 0 Å². The second kappa shape index (κ2) is 48.4. The van der Waals surface area contributed by atoms with Crippen LogP contribution >= 0.6 is 0 Å². The average molecular weight is 807 g/mol. The molecule has 1 unspecified atom stereocenters. The minimum Gasteiger partial charge on any atom is -0.462 e. The average Bonchev–Trinajstić information content (AvgIpc) is 3.22. The second-order valence-corrected chi connectivity index (χ2v) is 15.6. The van der Waals surface area contributed by atoms with Crippen LogP contribution in [0.25, 0.3) is 0 Å². The molecule has 0 aliphatic rings. The maximum absolute atomic E-state index is 12.8. The van der Waals surface area contributed by atoms with Gasteiger partial charge in [0.25, 0.3) is 0 Å². The molecule has 0 saturated carbocycles. The summed E-state index contributed by atoms with van der Waals surface area (Å²) in [5.41, 5.74) is 0. The van der Waals surface area contributed by atoms with Gasteiger partial charge in [-0.15, -0.1) is 0 Å². The van der Waals surface area contributed by atoms with Crippen molar-refractivity contribution in [3.8, 4) is 0 Å². The smallest absolute Gasteiger partial charge is 0.306 e. The molecule has 5 heteroatoms. The molecule has 1 atom stereocenters. The molecule has 0 aromatic heterocycles. The van der Waals surface area contributed by atoms with Crippen LogP contribution in [0.2, 0.25) is 0 Å². The van der Waals surface area contributed by atoms with Crippen LogP contribution in [0.1, 0.15) is 213 Å². The number of esters is 2. The minimum atomic E-state index is -0.562. The van der Waals surface area contributed by atoms with Gasteiger partial charge in [-0.05, 0) is 109 Å². The Labute approximate surface area is 359 Å². The molecule has 0 aliphatic heterocycles. The maximum atomic E-state index is 12.8. The van der Waals surface area contributed by atoms with E-state index < -0.39 is 6.10 Å². The van der Waals surface area contributed by atoms with E-state index in [9.17, 15) is 9.59 Å². The first kappa shape index (κ1) is 55.1. The molecule has 0 fully saturated rings. The summed E-state index contributed by atoms with van der Waals surface area (Å²) in [5.74, 6) is -0.443. The van der Waals surface area contributed by atoms with Gasteiger partial charge in [-0.25, -0.2) is 0 Å². The van der Waals surface area contributed by atoms with Gasteiger partial charge in [-0.3, -0.25) is 9.59 Å². The van der Waals surface area contributed by atoms with Gasteiger partial charge in [0.05, 0.1) is 6.61 Å². The lowest BCUT2D eigenvalue weighted by atomic mass is 10.1. The molecule has 0 spiro atoms. The highest BCUT2D eigenvalue weighted by atomic mass is 16.6. The van der Waals surface area contributed by atoms with Crippen molar-refractivity contribution in [1.82, 2.24) is 0 Å². The van der Waals surface area contributed by atoms with Crippen LogP contribution in [0, 0.1) is 0 Å². The monoisotopic (exact) mass is 807 g/mol. The fraction of sp³-hybridized carbons (Fsp3) is 0.698. The van der Waals surface area contributed by atoms with E-state index in [1.165, 1.54) is 70.6 Å². The van der Waals surface area contributed by atoms with Gasteiger partial charge in [0, 0.05) is 19.4 Å². The fourth-order valence-electron chi connectivity index (χ4n) is 6.36. The maximum Gasteiger partial charge on any atom is 0.306 e. The van der Waals surface area contributed by atoms with Crippen molar-refractivity contribution >= 4 is 11.9 Å². The summed E-state index contributed by atoms with van der Waals surface area (Å²) >= 11 is 0. The summed E-state index contributed by atoms with van der Waals surface area (Å²) in [4.78, 5) is 25.3. The number of allylic oxidation sites excluding steroid dienone is 14. The zero-order valence-corrected chi connectivity index (χ0v) is 38.0. The van der Waals surface area contributed by atoms with Crippen molar-refractivity contribution in [1.29, 1.82) is 0 Å². The van der Waals surface area contributed by atoms with E-state index >= 15 is 0 Å². The number of unbranched alkanes of at least 4 members (excludes halogenated alkanes) is 18. The first-order valence-corrected chi connectivity index (χ1v) is 24.1. The molecular weight excluding hydrogens is 717 g/mol. The SMILES string of the molecule is CC/C=C\C/C=C\C/C=C\CCCCCCCC(=O)OCC(COCCCCCC/C=C\C/C=C\C/C=C\CC)OC(=O)CCCCCCC/C=C\CCCCCC. The number of hydrogen-bond donors (Lipinski definition) is 0. The van der Waals surface area contributed by atoms with Crippen molar-refractivity contribution in [3.63, 3.8) is 0 Å². The number of carbonyl (C=O) groups is 2. The van der Waals surface area contributed by atoms with E-state index in [1.54, 1.807) is 0 Å². The Hall–Kier alpha value is -2.92. The summed E-state index contributed by atoms with van der Waals surface area (Å²) in [6.07, 6.45) is 63.0. The summed E-state index contributed by atoms with van der Waals surface area (Å²) in [6, 6.07) is 0. The van der Waals surface area contributed by atoms with Gasteiger partial charge in [0.1, 0.15) is 6.61 Å². The highest BCUT2D eigenvalue weighted by molar-refractivity contribution is 5.70. The number of hydrogen-bond acceptors (Lipinski definition) is 5. The fourth-order valence-corrected chi connectivity index (χ4v) is 6.36. The first-order chi connectivity index (χ1) is 28.6. The largest absolute Gasteiger partial charge is 0.462 e. The van der Waals surface area contributed by atoms with Crippen LogP contribution in [-0.4, -0.2) is 37.9 Å². The van der Waals surface area contributed by atoms with Gasteiger partial charge in [-0.1, -0.05) is 176 Å². The molecule has 332 valence electrons. The molecular formula is C53H90O5. The first-order valence-electron chi connectivity index (χ1n) is 24.1. The van der Waals surface area contributed by atoms with Crippen molar-refractivity contribution in [2.75, 3.05) is 19.8 Å². The zero-order chi connectivity index (χ0) is 42.1. The second-order valence-electron chi connectivity index (χ2n) is 15.6. The summed E-state index contributed by atoms with van der Waals surface area (Å²) in [6.45, 7) is 7.51. The molecule has 0 aliphatic carbocycles. The van der Waals surface area contributed by atoms with Crippen LogP contribution < -0.4 is 0 Å². The Kier molecular flexibility index (Phi) is 46.0. The Morgan fingerprint density at radius 3 is 1.26 bits per heavy atom. The minimum absolute atomic E-state index is 0.0601. The lowest BCUT2D eigenvalue weighted by Gasteiger charge is -2.18. The van der Waals surface area contributed by atoms with Crippen LogP contribution in [0.15, 0.2) is 85.1 Å². The van der Waals surface area contributed by atoms with E-state index in [0.29, 0.717) is 19.4 Å². The Bertz CT molecular complexity index is 1090. The van der Waals surface area contributed by atoms with Crippen molar-refractivity contribution in [3.05, 3.63) is 85.1 Å². The zero-order valence-electron chi connectivity index (χ0n) is 38.0. The van der Waals surface area contributed by atoms with E-state index in [0.717, 1.165) is 109 Å². The summed E-state index contributed by atoms with van der Waals surface area (Å²) in [5, 5.41) is 0. The lowest BCUT2D eigenvalue weighted by molar-refractivity contribution is -0.163. The molecule has 0 bridgehead atoms. The standard InChI is InChI=1S/C53H90O5/c1-4-7-10-13-16-19-22-25-27-29-31-34-37-40-43-46-52(54)57-50-51(49-56-48-45-42-39-36-33-30-26-23-20-17-14-11-8-5-2)58-53(55)47-44-41-38-35-32-28-24-21-18-15-12-9-6-3/h7-8,10-11,16-17,19-21,24-27,30,51H,4-6,9,12-15,18,22-23,28-29,31-50H2,1-3H3/b10-7-,11-8-,19-16-,20-17-,24-21-,27-25-,30-26-. The van der Waals surface area contributed by atoms with Crippen LogP contribution in [-0.2, 0) is 23.8 Å². The molecule has 0 rings (SSSR count). The molecule has 0 N–H and O–H groups in total. The molecule has 0 saturated heterocycles. The predicted molar refractivity (Wildman–Crippen MR) is 251 cm³/mol. The molecule has 0 radical (unpaired) electrons. The van der Waals surface area contributed by atoms with Crippen molar-refractivity contribution in [2.45, 2.75) is 219 Å². The van der Waals surface area contributed by atoms with Gasteiger partial charge >= 0.3 is 11.9 Å². The van der Waals surface area contributed by atoms with E-state index in [-0.39, 0.29) is 25.2 Å². The van der Waals surface area contributed by atoms with Crippen molar-refractivity contribution < 1.29 is 23.8 Å². The molecule has 0 aromatic rings. The van der Waals surface area contributed by atoms with E-state index in [1.807, 2.05) is 0 Å². The van der Waals surface area contributed by atoms with Gasteiger partial charge < -0.3 is 14.2 Å². The third-order valence-electron chi connectivity index (χ3n) is 9.90. The number of ether oxygens (including phenoxy) is 3. The highest BCUT2D eigenvalue weighted by Crippen LogP contribution is 2.12. The highest BCUT2D eigenvalue weighted by Gasteiger charge is 2.17. The lowest BCUT2D eigenvalue weighted by Crippen LogP contribution is -2.30. The van der Waals surface area contributed by atoms with Gasteiger partial charge in [0.2, 0.25) is 0 Å². The Morgan fingerprint density at radius 2 is 0.776 bits per heavy atom. The van der Waals surface area contributed by atoms with E-state index in [4.69, 9.17) is 14.2 Å². The molecule has 58 heavy (non-hydrogen) atoms. The van der Waals surface area contributed by atoms with Crippen LogP contribution in [0.4, 0.5) is 0 Å². The quantitative estimate of drug-likeness (QED) is 0.0349. The molecule has 0 amide bonds. The Balaban J connectivity index is 4.35. The normalized spacial score (nSPS) is 12.9. The molecule has 0 aromatic carbocycles. The van der Waals surface area contributed by atoms with Crippen LogP contribution in [0.3, 0.4) is 0 Å². The predicted octanol–water partition coefficient (Wildman–Crippen LogP) is 16.1. The van der Waals surface area contributed by atoms with Crippen molar-refractivity contribution in [2.24, 2.45) is 0 Å². The molecule has 5 nitrogen and oxygen atoms in total. The third kappa shape index (κ3) is 45.8. The van der Waals surface area contributed by atoms with Gasteiger partial charge in [0.15, 0.2) is 6.10 Å². The summed E-state index contributed by atoms with van der Waals surface area (Å²) in [7, 11) is 0. The number of carbonyl (C=O) groups excluding carboxylic acids is 2. The Morgan fingerprint density at radius 1 is 0.397 bits per heavy atom. The molecule has 0 heterocycles. The third-order valence-corrected chi connectivity index (χ3v) is 9.90. The topological polar surface area (TPSA) is 61.8 Å². The summed E-state index contributed by atoms with van der Waals surface area (Å²) < 4.78 is 17.3. The number of rotatable bonds is 43. The van der Waals surface area contributed by atoms with Gasteiger partial charge in [-0.2, -0.15) is 0 Å². The van der Waals surface area contributed by atoms with E-state index in [2.05, 4.69) is 106 Å².